The third-order valence-corrected chi connectivity index (χ3v) is 4.04. The van der Waals surface area contributed by atoms with Gasteiger partial charge in [0.15, 0.2) is 0 Å². The molecule has 0 atom stereocenters. The Bertz CT molecular complexity index is 724. The summed E-state index contributed by atoms with van der Waals surface area (Å²) in [5.74, 6) is 1.30. The molecule has 2 aromatic rings. The number of nitrogens with one attached hydrogen (secondary N) is 1. The number of carbonyl (C=O) groups is 1. The Morgan fingerprint density at radius 2 is 1.39 bits per heavy atom. The van der Waals surface area contributed by atoms with E-state index in [0.29, 0.717) is 13.1 Å². The number of ether oxygens (including phenoxy) is 3. The lowest BCUT2D eigenvalue weighted by atomic mass is 10.1. The predicted octanol–water partition coefficient (Wildman–Crippen LogP) is 2.80. The van der Waals surface area contributed by atoms with Crippen LogP contribution in [0.4, 0.5) is 0 Å². The molecule has 1 N–H and O–H groups in total. The van der Waals surface area contributed by atoms with Crippen molar-refractivity contribution in [1.82, 2.24) is 10.3 Å². The highest BCUT2D eigenvalue weighted by molar-refractivity contribution is 6.35. The summed E-state index contributed by atoms with van der Waals surface area (Å²) in [6.45, 7) is 3.01. The van der Waals surface area contributed by atoms with Gasteiger partial charge >= 0.3 is 5.97 Å². The van der Waals surface area contributed by atoms with E-state index in [1.165, 1.54) is 0 Å². The van der Waals surface area contributed by atoms with Crippen LogP contribution in [-0.2, 0) is 22.6 Å². The molecule has 150 valence electrons. The predicted molar refractivity (Wildman–Crippen MR) is 108 cm³/mol. The van der Waals surface area contributed by atoms with Crippen molar-refractivity contribution in [2.75, 3.05) is 27.9 Å². The van der Waals surface area contributed by atoms with Crippen molar-refractivity contribution in [3.05, 3.63) is 59.7 Å². The van der Waals surface area contributed by atoms with Gasteiger partial charge in [-0.15, -0.1) is 0 Å². The summed E-state index contributed by atoms with van der Waals surface area (Å²) in [6.07, 6.45) is 0. The van der Waals surface area contributed by atoms with E-state index in [4.69, 9.17) is 14.2 Å². The summed E-state index contributed by atoms with van der Waals surface area (Å²) < 4.78 is 15.6. The number of hydrazone groups is 1. The lowest BCUT2D eigenvalue weighted by molar-refractivity contribution is -0.136. The Morgan fingerprint density at radius 3 is 1.75 bits per heavy atom. The molecule has 7 heteroatoms. The highest BCUT2D eigenvalue weighted by Gasteiger charge is 2.22. The van der Waals surface area contributed by atoms with Crippen molar-refractivity contribution >= 4 is 11.8 Å². The quantitative estimate of drug-likeness (QED) is 0.326. The summed E-state index contributed by atoms with van der Waals surface area (Å²) in [6, 6.07) is 15.4. The van der Waals surface area contributed by atoms with E-state index < -0.39 is 5.97 Å². The third kappa shape index (κ3) is 5.90. The zero-order valence-electron chi connectivity index (χ0n) is 16.8. The molecular formula is C21H27N3O4. The molecular weight excluding hydrogens is 358 g/mol. The first-order chi connectivity index (χ1) is 13.6. The standard InChI is InChI=1S/C21H27N3O4/c1-5-28-21(25)20(23-22-2)24(14-16-6-10-18(26-3)11-7-16)15-17-8-12-19(27-4)13-9-17/h6-13,22H,5,14-15H2,1-4H3. The minimum absolute atomic E-state index is 0.219. The van der Waals surface area contributed by atoms with Gasteiger partial charge in [0.05, 0.1) is 20.8 Å². The molecule has 0 saturated heterocycles. The van der Waals surface area contributed by atoms with Crippen LogP contribution in [0.15, 0.2) is 53.6 Å². The van der Waals surface area contributed by atoms with Crippen molar-refractivity contribution in [2.45, 2.75) is 20.0 Å². The van der Waals surface area contributed by atoms with Gasteiger partial charge in [-0.1, -0.05) is 24.3 Å². The van der Waals surface area contributed by atoms with Crippen LogP contribution in [0.2, 0.25) is 0 Å². The molecule has 2 rings (SSSR count). The van der Waals surface area contributed by atoms with Crippen molar-refractivity contribution in [3.8, 4) is 11.5 Å². The Kier molecular flexibility index (Phi) is 8.14. The van der Waals surface area contributed by atoms with Crippen LogP contribution in [-0.4, -0.2) is 44.6 Å². The van der Waals surface area contributed by atoms with Gasteiger partial charge < -0.3 is 24.5 Å². The number of rotatable bonds is 8. The van der Waals surface area contributed by atoms with Gasteiger partial charge in [-0.25, -0.2) is 4.79 Å². The number of hydrogen-bond acceptors (Lipinski definition) is 6. The molecule has 0 aliphatic rings. The molecule has 7 nitrogen and oxygen atoms in total. The SMILES string of the molecule is CCOC(=O)C(=NNC)N(Cc1ccc(OC)cc1)Cc1ccc(OC)cc1. The van der Waals surface area contributed by atoms with Gasteiger partial charge in [0.2, 0.25) is 5.84 Å². The summed E-state index contributed by atoms with van der Waals surface area (Å²) in [5.41, 5.74) is 4.73. The first kappa shape index (κ1) is 21.1. The van der Waals surface area contributed by atoms with Crippen molar-refractivity contribution in [2.24, 2.45) is 5.10 Å². The minimum Gasteiger partial charge on any atom is -0.497 e. The van der Waals surface area contributed by atoms with E-state index in [2.05, 4.69) is 10.5 Å². The highest BCUT2D eigenvalue weighted by Crippen LogP contribution is 2.17. The average Bonchev–Trinajstić information content (AvgIpc) is 2.72. The highest BCUT2D eigenvalue weighted by atomic mass is 16.5. The maximum atomic E-state index is 12.5. The van der Waals surface area contributed by atoms with E-state index in [0.717, 1.165) is 22.6 Å². The van der Waals surface area contributed by atoms with Crippen molar-refractivity contribution < 1.29 is 19.0 Å². The average molecular weight is 385 g/mol. The summed E-state index contributed by atoms with van der Waals surface area (Å²) in [4.78, 5) is 14.4. The molecule has 28 heavy (non-hydrogen) atoms. The number of esters is 1. The van der Waals surface area contributed by atoms with Gasteiger partial charge in [0.1, 0.15) is 11.5 Å². The Balaban J connectivity index is 2.30. The molecule has 0 unspecified atom stereocenters. The van der Waals surface area contributed by atoms with E-state index in [1.54, 1.807) is 28.2 Å². The second-order valence-electron chi connectivity index (χ2n) is 5.93. The van der Waals surface area contributed by atoms with Gasteiger partial charge in [-0.05, 0) is 42.3 Å². The zero-order chi connectivity index (χ0) is 20.4. The summed E-state index contributed by atoms with van der Waals surface area (Å²) >= 11 is 0. The molecule has 0 spiro atoms. The van der Waals surface area contributed by atoms with Gasteiger partial charge in [0.25, 0.3) is 0 Å². The molecule has 0 heterocycles. The van der Waals surface area contributed by atoms with Gasteiger partial charge in [-0.2, -0.15) is 5.10 Å². The van der Waals surface area contributed by atoms with Crippen molar-refractivity contribution in [1.29, 1.82) is 0 Å². The van der Waals surface area contributed by atoms with Crippen LogP contribution in [0.5, 0.6) is 11.5 Å². The molecule has 0 aliphatic carbocycles. The van der Waals surface area contributed by atoms with Crippen LogP contribution < -0.4 is 14.9 Å². The topological polar surface area (TPSA) is 72.4 Å². The van der Waals surface area contributed by atoms with Crippen molar-refractivity contribution in [3.63, 3.8) is 0 Å². The third-order valence-electron chi connectivity index (χ3n) is 4.04. The molecule has 0 fully saturated rings. The normalized spacial score (nSPS) is 10.9. The Morgan fingerprint density at radius 1 is 0.929 bits per heavy atom. The maximum absolute atomic E-state index is 12.5. The summed E-state index contributed by atoms with van der Waals surface area (Å²) in [5, 5.41) is 4.17. The first-order valence-corrected chi connectivity index (χ1v) is 9.03. The fraction of sp³-hybridized carbons (Fsp3) is 0.333. The molecule has 0 aromatic heterocycles. The first-order valence-electron chi connectivity index (χ1n) is 9.03. The maximum Gasteiger partial charge on any atom is 0.376 e. The van der Waals surface area contributed by atoms with Crippen LogP contribution in [0, 0.1) is 0 Å². The van der Waals surface area contributed by atoms with Crippen LogP contribution in [0.1, 0.15) is 18.1 Å². The van der Waals surface area contributed by atoms with Crippen LogP contribution in [0.25, 0.3) is 0 Å². The molecule has 0 amide bonds. The van der Waals surface area contributed by atoms with Gasteiger partial charge in [0, 0.05) is 20.1 Å². The largest absolute Gasteiger partial charge is 0.497 e. The number of nitrogens with zero attached hydrogens (tertiary/aromatic N) is 2. The lowest BCUT2D eigenvalue weighted by Crippen LogP contribution is -2.38. The smallest absolute Gasteiger partial charge is 0.376 e. The molecule has 2 aromatic carbocycles. The van der Waals surface area contributed by atoms with E-state index in [9.17, 15) is 4.79 Å². The molecule has 0 saturated carbocycles. The second kappa shape index (κ2) is 10.8. The van der Waals surface area contributed by atoms with E-state index in [-0.39, 0.29) is 12.4 Å². The fourth-order valence-corrected chi connectivity index (χ4v) is 2.66. The van der Waals surface area contributed by atoms with Crippen LogP contribution >= 0.6 is 0 Å². The number of hydrogen-bond donors (Lipinski definition) is 1. The molecule has 0 bridgehead atoms. The van der Waals surface area contributed by atoms with E-state index in [1.807, 2.05) is 53.4 Å². The second-order valence-corrected chi connectivity index (χ2v) is 5.93. The molecule has 0 aliphatic heterocycles. The Hall–Kier alpha value is -3.22. The molecule has 0 radical (unpaired) electrons. The fourth-order valence-electron chi connectivity index (χ4n) is 2.66. The monoisotopic (exact) mass is 385 g/mol. The number of amidine groups is 1. The Labute approximate surface area is 165 Å². The summed E-state index contributed by atoms with van der Waals surface area (Å²) in [7, 11) is 4.91. The van der Waals surface area contributed by atoms with E-state index >= 15 is 0 Å². The number of methoxy groups -OCH3 is 2. The number of benzene rings is 2. The zero-order valence-corrected chi connectivity index (χ0v) is 16.8. The minimum atomic E-state index is -0.473. The lowest BCUT2D eigenvalue weighted by Gasteiger charge is -2.25. The van der Waals surface area contributed by atoms with Crippen LogP contribution in [0.3, 0.4) is 0 Å². The van der Waals surface area contributed by atoms with Gasteiger partial charge in [-0.3, -0.25) is 0 Å². The number of carbonyl (C=O) groups excluding carboxylic acids is 1.